The Bertz CT molecular complexity index is 359. The van der Waals surface area contributed by atoms with Gasteiger partial charge in [0.2, 0.25) is 0 Å². The molecule has 1 rings (SSSR count). The molecule has 0 aromatic carbocycles. The summed E-state index contributed by atoms with van der Waals surface area (Å²) in [5, 5.41) is 18.9. The van der Waals surface area contributed by atoms with Crippen LogP contribution >= 0.6 is 12.6 Å². The number of hydrogen-bond acceptors (Lipinski definition) is 5. The van der Waals surface area contributed by atoms with Crippen LogP contribution in [0, 0.1) is 0 Å². The molecule has 0 aliphatic carbocycles. The molecule has 82 valence electrons. The first-order valence-electron chi connectivity index (χ1n) is 4.30. The number of amides is 1. The molecule has 0 fully saturated rings. The van der Waals surface area contributed by atoms with Gasteiger partial charge < -0.3 is 15.9 Å². The lowest BCUT2D eigenvalue weighted by molar-refractivity contribution is 0.0309. The van der Waals surface area contributed by atoms with E-state index in [1.807, 2.05) is 0 Å². The van der Waals surface area contributed by atoms with Crippen LogP contribution in [0.2, 0.25) is 0 Å². The number of carbonyl (C=O) groups is 1. The van der Waals surface area contributed by atoms with Gasteiger partial charge in [-0.1, -0.05) is 6.07 Å². The van der Waals surface area contributed by atoms with Crippen molar-refractivity contribution in [3.8, 4) is 0 Å². The molecule has 1 amide bonds. The number of carbonyl (C=O) groups excluding carboxylic acids is 1. The first-order valence-corrected chi connectivity index (χ1v) is 4.93. The van der Waals surface area contributed by atoms with Gasteiger partial charge in [-0.3, -0.25) is 4.79 Å². The molecule has 1 heterocycles. The molecule has 0 aliphatic rings. The van der Waals surface area contributed by atoms with Crippen molar-refractivity contribution in [2.24, 2.45) is 5.73 Å². The number of nitrogens with two attached hydrogens (primary N) is 1. The molecule has 1 aromatic rings. The van der Waals surface area contributed by atoms with Gasteiger partial charge in [-0.25, -0.2) is 4.98 Å². The first-order chi connectivity index (χ1) is 7.06. The van der Waals surface area contributed by atoms with Gasteiger partial charge in [0.25, 0.3) is 5.91 Å². The number of thiol groups is 1. The van der Waals surface area contributed by atoms with Gasteiger partial charge in [0.1, 0.15) is 11.8 Å². The summed E-state index contributed by atoms with van der Waals surface area (Å²) in [6, 6.07) is 4.48. The number of primary amides is 1. The fraction of sp³-hybridized carbons (Fsp3) is 0.333. The highest BCUT2D eigenvalue weighted by Gasteiger charge is 2.18. The summed E-state index contributed by atoms with van der Waals surface area (Å²) in [5.41, 5.74) is 5.29. The van der Waals surface area contributed by atoms with Crippen LogP contribution in [-0.2, 0) is 0 Å². The average Bonchev–Trinajstić information content (AvgIpc) is 2.27. The lowest BCUT2D eigenvalue weighted by Gasteiger charge is -2.15. The predicted octanol–water partition coefficient (Wildman–Crippen LogP) is -0.495. The van der Waals surface area contributed by atoms with E-state index in [4.69, 9.17) is 5.73 Å². The molecule has 0 saturated carbocycles. The largest absolute Gasteiger partial charge is 0.389 e. The molecule has 0 saturated heterocycles. The second-order valence-electron chi connectivity index (χ2n) is 3.01. The SMILES string of the molecule is NC(=O)c1cccc(C(O)C(O)CS)n1. The summed E-state index contributed by atoms with van der Waals surface area (Å²) >= 11 is 3.84. The van der Waals surface area contributed by atoms with Crippen LogP contribution in [-0.4, -0.2) is 33.0 Å². The van der Waals surface area contributed by atoms with Gasteiger partial charge in [0, 0.05) is 5.75 Å². The van der Waals surface area contributed by atoms with Gasteiger partial charge >= 0.3 is 0 Å². The van der Waals surface area contributed by atoms with Gasteiger partial charge in [-0.05, 0) is 12.1 Å². The predicted molar refractivity (Wildman–Crippen MR) is 57.6 cm³/mol. The molecule has 6 heteroatoms. The molecular weight excluding hydrogens is 216 g/mol. The molecular formula is C9H12N2O3S. The van der Waals surface area contributed by atoms with Gasteiger partial charge in [0.05, 0.1) is 11.8 Å². The topological polar surface area (TPSA) is 96.4 Å². The molecule has 0 spiro atoms. The summed E-state index contributed by atoms with van der Waals surface area (Å²) in [6.45, 7) is 0. The lowest BCUT2D eigenvalue weighted by atomic mass is 10.1. The third-order valence-electron chi connectivity index (χ3n) is 1.88. The zero-order chi connectivity index (χ0) is 11.4. The van der Waals surface area contributed by atoms with E-state index in [1.165, 1.54) is 18.2 Å². The zero-order valence-electron chi connectivity index (χ0n) is 7.87. The Labute approximate surface area is 92.4 Å². The number of aromatic nitrogens is 1. The monoisotopic (exact) mass is 228 g/mol. The lowest BCUT2D eigenvalue weighted by Crippen LogP contribution is -2.22. The van der Waals surface area contributed by atoms with Crippen LogP contribution < -0.4 is 5.73 Å². The van der Waals surface area contributed by atoms with Crippen molar-refractivity contribution in [3.63, 3.8) is 0 Å². The summed E-state index contributed by atoms with van der Waals surface area (Å²) < 4.78 is 0. The average molecular weight is 228 g/mol. The Morgan fingerprint density at radius 2 is 2.20 bits per heavy atom. The van der Waals surface area contributed by atoms with E-state index in [2.05, 4.69) is 17.6 Å². The van der Waals surface area contributed by atoms with Gasteiger partial charge in [0.15, 0.2) is 0 Å². The van der Waals surface area contributed by atoms with Crippen LogP contribution in [0.15, 0.2) is 18.2 Å². The Morgan fingerprint density at radius 3 is 2.73 bits per heavy atom. The molecule has 2 unspecified atom stereocenters. The minimum atomic E-state index is -1.17. The van der Waals surface area contributed by atoms with Crippen LogP contribution in [0.1, 0.15) is 22.3 Å². The summed E-state index contributed by atoms with van der Waals surface area (Å²) in [6.07, 6.45) is -2.19. The van der Waals surface area contributed by atoms with Crippen molar-refractivity contribution < 1.29 is 15.0 Å². The summed E-state index contributed by atoms with van der Waals surface area (Å²) in [7, 11) is 0. The number of nitrogens with zero attached hydrogens (tertiary/aromatic N) is 1. The first kappa shape index (κ1) is 12.0. The fourth-order valence-electron chi connectivity index (χ4n) is 1.05. The van der Waals surface area contributed by atoms with Crippen molar-refractivity contribution in [2.45, 2.75) is 12.2 Å². The van der Waals surface area contributed by atoms with Crippen LogP contribution in [0.4, 0.5) is 0 Å². The smallest absolute Gasteiger partial charge is 0.267 e. The quantitative estimate of drug-likeness (QED) is 0.523. The van der Waals surface area contributed by atoms with Crippen molar-refractivity contribution in [2.75, 3.05) is 5.75 Å². The molecule has 4 N–H and O–H groups in total. The Hall–Kier alpha value is -1.11. The molecule has 5 nitrogen and oxygen atoms in total. The van der Waals surface area contributed by atoms with E-state index < -0.39 is 18.1 Å². The molecule has 0 bridgehead atoms. The highest BCUT2D eigenvalue weighted by atomic mass is 32.1. The second-order valence-corrected chi connectivity index (χ2v) is 3.37. The molecule has 0 aliphatic heterocycles. The fourth-order valence-corrected chi connectivity index (χ4v) is 1.25. The number of pyridine rings is 1. The highest BCUT2D eigenvalue weighted by molar-refractivity contribution is 7.80. The minimum absolute atomic E-state index is 0.0536. The number of hydrogen-bond donors (Lipinski definition) is 4. The highest BCUT2D eigenvalue weighted by Crippen LogP contribution is 2.15. The second kappa shape index (κ2) is 5.11. The van der Waals surface area contributed by atoms with Crippen molar-refractivity contribution in [3.05, 3.63) is 29.6 Å². The van der Waals surface area contributed by atoms with Crippen LogP contribution in [0.25, 0.3) is 0 Å². The zero-order valence-corrected chi connectivity index (χ0v) is 8.76. The van der Waals surface area contributed by atoms with E-state index in [-0.39, 0.29) is 17.1 Å². The van der Waals surface area contributed by atoms with E-state index >= 15 is 0 Å². The molecule has 2 atom stereocenters. The number of rotatable bonds is 4. The van der Waals surface area contributed by atoms with E-state index in [0.29, 0.717) is 0 Å². The normalized spacial score (nSPS) is 14.6. The van der Waals surface area contributed by atoms with E-state index in [9.17, 15) is 15.0 Å². The standard InChI is InChI=1S/C9H12N2O3S/c10-9(14)6-3-1-2-5(11-6)8(13)7(12)4-15/h1-3,7-8,12-13,15H,4H2,(H2,10,14). The van der Waals surface area contributed by atoms with Crippen LogP contribution in [0.5, 0.6) is 0 Å². The third-order valence-corrected chi connectivity index (χ3v) is 2.25. The van der Waals surface area contributed by atoms with Crippen molar-refractivity contribution in [1.29, 1.82) is 0 Å². The molecule has 1 aromatic heterocycles. The summed E-state index contributed by atoms with van der Waals surface area (Å²) in [5.74, 6) is -0.576. The minimum Gasteiger partial charge on any atom is -0.389 e. The summed E-state index contributed by atoms with van der Waals surface area (Å²) in [4.78, 5) is 14.6. The van der Waals surface area contributed by atoms with Crippen molar-refractivity contribution >= 4 is 18.5 Å². The Balaban J connectivity index is 2.94. The maximum absolute atomic E-state index is 10.8. The number of aliphatic hydroxyl groups is 2. The van der Waals surface area contributed by atoms with E-state index in [0.717, 1.165) is 0 Å². The maximum atomic E-state index is 10.8. The Morgan fingerprint density at radius 1 is 1.53 bits per heavy atom. The third kappa shape index (κ3) is 2.92. The van der Waals surface area contributed by atoms with Gasteiger partial charge in [-0.2, -0.15) is 12.6 Å². The van der Waals surface area contributed by atoms with Crippen LogP contribution in [0.3, 0.4) is 0 Å². The molecule has 0 radical (unpaired) electrons. The number of aliphatic hydroxyl groups excluding tert-OH is 2. The Kier molecular flexibility index (Phi) is 4.07. The molecule has 15 heavy (non-hydrogen) atoms. The van der Waals surface area contributed by atoms with Gasteiger partial charge in [-0.15, -0.1) is 0 Å². The van der Waals surface area contributed by atoms with E-state index in [1.54, 1.807) is 0 Å². The maximum Gasteiger partial charge on any atom is 0.267 e. The van der Waals surface area contributed by atoms with Crippen molar-refractivity contribution in [1.82, 2.24) is 4.98 Å².